The maximum absolute atomic E-state index is 13.3. The predicted molar refractivity (Wildman–Crippen MR) is 134 cm³/mol. The predicted octanol–water partition coefficient (Wildman–Crippen LogP) is 3.46. The zero-order valence-electron chi connectivity index (χ0n) is 18.2. The van der Waals surface area contributed by atoms with Crippen LogP contribution in [0.5, 0.6) is 0 Å². The average Bonchev–Trinajstić information content (AvgIpc) is 2.72. The SMILES string of the molecule is NC(=O)C12CC3CC(C1)C(NC(=O)CN1CSCN(c4c(Cl)cc(Cl)cc4Cl)S1(=O)=O)C(C3)C2. The van der Waals surface area contributed by atoms with Gasteiger partial charge in [-0.05, 0) is 62.0 Å². The van der Waals surface area contributed by atoms with Crippen molar-refractivity contribution in [2.24, 2.45) is 28.9 Å². The number of hydrogen-bond acceptors (Lipinski definition) is 5. The molecule has 2 atom stereocenters. The molecule has 4 aliphatic carbocycles. The number of nitrogens with two attached hydrogens (primary N) is 1. The van der Waals surface area contributed by atoms with E-state index in [2.05, 4.69) is 5.32 Å². The van der Waals surface area contributed by atoms with E-state index >= 15 is 0 Å². The quantitative estimate of drug-likeness (QED) is 0.566. The third-order valence-electron chi connectivity index (χ3n) is 7.72. The summed E-state index contributed by atoms with van der Waals surface area (Å²) in [6.07, 6.45) is 4.18. The lowest BCUT2D eigenvalue weighted by atomic mass is 9.47. The van der Waals surface area contributed by atoms with Crippen LogP contribution in [0, 0.1) is 23.2 Å². The first-order valence-electron chi connectivity index (χ1n) is 11.1. The fourth-order valence-corrected chi connectivity index (χ4v) is 10.8. The van der Waals surface area contributed by atoms with Gasteiger partial charge in [-0.2, -0.15) is 12.7 Å². The number of anilines is 1. The van der Waals surface area contributed by atoms with Crippen LogP contribution in [0.4, 0.5) is 5.69 Å². The Labute approximate surface area is 218 Å². The summed E-state index contributed by atoms with van der Waals surface area (Å²) in [5.41, 5.74) is 5.45. The minimum atomic E-state index is -4.04. The molecular formula is C21H25Cl3N4O4S2. The van der Waals surface area contributed by atoms with Gasteiger partial charge in [-0.1, -0.05) is 34.8 Å². The van der Waals surface area contributed by atoms with Crippen molar-refractivity contribution in [1.29, 1.82) is 0 Å². The van der Waals surface area contributed by atoms with Gasteiger partial charge in [-0.25, -0.2) is 4.31 Å². The molecule has 1 saturated heterocycles. The average molecular weight is 568 g/mol. The number of thioether (sulfide) groups is 1. The number of hydrogen-bond donors (Lipinski definition) is 2. The Kier molecular flexibility index (Phi) is 6.47. The molecule has 0 spiro atoms. The molecule has 2 amide bonds. The minimum Gasteiger partial charge on any atom is -0.369 e. The van der Waals surface area contributed by atoms with Gasteiger partial charge >= 0.3 is 10.2 Å². The van der Waals surface area contributed by atoms with Gasteiger partial charge in [0.1, 0.15) is 0 Å². The van der Waals surface area contributed by atoms with Crippen LogP contribution in [0.2, 0.25) is 15.1 Å². The molecule has 0 radical (unpaired) electrons. The Bertz CT molecular complexity index is 1110. The monoisotopic (exact) mass is 566 g/mol. The van der Waals surface area contributed by atoms with E-state index in [0.29, 0.717) is 23.8 Å². The molecule has 4 saturated carbocycles. The van der Waals surface area contributed by atoms with Gasteiger partial charge in [0.2, 0.25) is 11.8 Å². The Morgan fingerprint density at radius 1 is 1.09 bits per heavy atom. The highest BCUT2D eigenvalue weighted by molar-refractivity contribution is 8.03. The van der Waals surface area contributed by atoms with E-state index in [4.69, 9.17) is 40.5 Å². The third kappa shape index (κ3) is 4.18. The van der Waals surface area contributed by atoms with E-state index in [1.807, 2.05) is 0 Å². The van der Waals surface area contributed by atoms with E-state index < -0.39 is 15.6 Å². The number of carbonyl (C=O) groups is 2. The van der Waals surface area contributed by atoms with Gasteiger partial charge in [-0.3, -0.25) is 9.59 Å². The van der Waals surface area contributed by atoms with Crippen molar-refractivity contribution in [3.05, 3.63) is 27.2 Å². The summed E-state index contributed by atoms with van der Waals surface area (Å²) in [5.74, 6) is 0.526. The highest BCUT2D eigenvalue weighted by Crippen LogP contribution is 2.59. The zero-order valence-corrected chi connectivity index (χ0v) is 22.1. The molecular weight excluding hydrogens is 543 g/mol. The molecule has 8 nitrogen and oxygen atoms in total. The summed E-state index contributed by atoms with van der Waals surface area (Å²) >= 11 is 19.8. The van der Waals surface area contributed by atoms with E-state index in [-0.39, 0.29) is 63.7 Å². The first kappa shape index (κ1) is 24.8. The normalized spacial score (nSPS) is 34.3. The Balaban J connectivity index is 1.30. The molecule has 4 bridgehead atoms. The second-order valence-electron chi connectivity index (χ2n) is 9.85. The summed E-state index contributed by atoms with van der Waals surface area (Å²) < 4.78 is 28.9. The molecule has 5 aliphatic rings. The molecule has 3 N–H and O–H groups in total. The van der Waals surface area contributed by atoms with Crippen molar-refractivity contribution in [3.8, 4) is 0 Å². The number of halogens is 3. The molecule has 1 aliphatic heterocycles. The first-order valence-corrected chi connectivity index (χ1v) is 14.8. The van der Waals surface area contributed by atoms with Gasteiger partial charge in [0, 0.05) is 16.5 Å². The van der Waals surface area contributed by atoms with Gasteiger partial charge in [-0.15, -0.1) is 11.8 Å². The Hall–Kier alpha value is -0.910. The molecule has 1 heterocycles. The highest BCUT2D eigenvalue weighted by Gasteiger charge is 2.58. The second kappa shape index (κ2) is 8.88. The topological polar surface area (TPSA) is 113 Å². The second-order valence-corrected chi connectivity index (χ2v) is 13.9. The van der Waals surface area contributed by atoms with E-state index in [0.717, 1.165) is 27.9 Å². The van der Waals surface area contributed by atoms with Gasteiger partial charge < -0.3 is 11.1 Å². The summed E-state index contributed by atoms with van der Waals surface area (Å²) in [6, 6.07) is 2.80. The molecule has 5 fully saturated rings. The van der Waals surface area contributed by atoms with Crippen LogP contribution in [-0.2, 0) is 19.8 Å². The third-order valence-corrected chi connectivity index (χ3v) is 11.6. The fourth-order valence-electron chi connectivity index (χ4n) is 6.53. The van der Waals surface area contributed by atoms with Crippen LogP contribution in [0.1, 0.15) is 32.1 Å². The molecule has 0 aromatic heterocycles. The van der Waals surface area contributed by atoms with Crippen molar-refractivity contribution in [3.63, 3.8) is 0 Å². The van der Waals surface area contributed by atoms with Crippen LogP contribution in [0.15, 0.2) is 12.1 Å². The van der Waals surface area contributed by atoms with Gasteiger partial charge in [0.25, 0.3) is 0 Å². The number of primary amides is 1. The van der Waals surface area contributed by atoms with E-state index in [9.17, 15) is 18.0 Å². The van der Waals surface area contributed by atoms with Crippen LogP contribution in [0.3, 0.4) is 0 Å². The van der Waals surface area contributed by atoms with Crippen LogP contribution in [0.25, 0.3) is 0 Å². The molecule has 1 aromatic rings. The number of rotatable bonds is 5. The van der Waals surface area contributed by atoms with Crippen LogP contribution < -0.4 is 15.4 Å². The van der Waals surface area contributed by atoms with Crippen molar-refractivity contribution < 1.29 is 18.0 Å². The summed E-state index contributed by atoms with van der Waals surface area (Å²) in [4.78, 5) is 25.2. The molecule has 34 heavy (non-hydrogen) atoms. The lowest BCUT2D eigenvalue weighted by Gasteiger charge is -2.58. The molecule has 13 heteroatoms. The maximum Gasteiger partial charge on any atom is 0.306 e. The summed E-state index contributed by atoms with van der Waals surface area (Å²) in [7, 11) is -4.04. The lowest BCUT2D eigenvalue weighted by Crippen LogP contribution is -2.62. The summed E-state index contributed by atoms with van der Waals surface area (Å²) in [5, 5.41) is 3.62. The fraction of sp³-hybridized carbons (Fsp3) is 0.619. The van der Waals surface area contributed by atoms with Crippen molar-refractivity contribution in [1.82, 2.24) is 9.62 Å². The first-order chi connectivity index (χ1) is 16.0. The minimum absolute atomic E-state index is 0.0621. The van der Waals surface area contributed by atoms with Crippen LogP contribution in [-0.4, -0.2) is 48.9 Å². The Morgan fingerprint density at radius 3 is 2.29 bits per heavy atom. The van der Waals surface area contributed by atoms with Crippen LogP contribution >= 0.6 is 46.6 Å². The lowest BCUT2D eigenvalue weighted by molar-refractivity contribution is -0.147. The molecule has 1 aromatic carbocycles. The smallest absolute Gasteiger partial charge is 0.306 e. The molecule has 186 valence electrons. The number of amides is 2. The van der Waals surface area contributed by atoms with Crippen molar-refractivity contribution in [2.75, 3.05) is 22.6 Å². The highest BCUT2D eigenvalue weighted by atomic mass is 35.5. The number of carbonyl (C=O) groups excluding carboxylic acids is 2. The van der Waals surface area contributed by atoms with E-state index in [1.165, 1.54) is 23.9 Å². The Morgan fingerprint density at radius 2 is 1.71 bits per heavy atom. The van der Waals surface area contributed by atoms with Crippen molar-refractivity contribution >= 4 is 74.3 Å². The largest absolute Gasteiger partial charge is 0.369 e. The molecule has 6 rings (SSSR count). The number of nitrogens with one attached hydrogen (secondary N) is 1. The maximum atomic E-state index is 13.3. The van der Waals surface area contributed by atoms with Gasteiger partial charge in [0.15, 0.2) is 0 Å². The number of nitrogens with zero attached hydrogens (tertiary/aromatic N) is 2. The zero-order chi connectivity index (χ0) is 24.4. The standard InChI is InChI=1S/C21H25Cl3N4O4S2/c22-14-3-15(23)19(16(24)4-14)28-10-33-9-27(34(28,31)32)8-17(29)26-18-12-1-11-2-13(18)7-21(5-11,6-12)20(25)30/h3-4,11-13,18H,1-2,5-10H2,(H2,25,30)(H,26,29). The molecule has 2 unspecified atom stereocenters. The van der Waals surface area contributed by atoms with Crippen molar-refractivity contribution in [2.45, 2.75) is 38.1 Å². The van der Waals surface area contributed by atoms with Gasteiger partial charge in [0.05, 0.1) is 34.0 Å². The summed E-state index contributed by atoms with van der Waals surface area (Å²) in [6.45, 7) is -0.311. The van der Waals surface area contributed by atoms with E-state index in [1.54, 1.807) is 0 Å². The number of benzene rings is 1.